The van der Waals surface area contributed by atoms with Crippen LogP contribution in [0.15, 0.2) is 40.4 Å². The summed E-state index contributed by atoms with van der Waals surface area (Å²) in [4.78, 5) is 38.6. The molecule has 2 rings (SSSR count). The summed E-state index contributed by atoms with van der Waals surface area (Å²) in [5.74, 6) is -3.27. The van der Waals surface area contributed by atoms with Gasteiger partial charge in [0.2, 0.25) is 0 Å². The molecule has 1 heterocycles. The van der Waals surface area contributed by atoms with Crippen molar-refractivity contribution in [2.75, 3.05) is 13.2 Å². The lowest BCUT2D eigenvalue weighted by Crippen LogP contribution is -2.62. The first-order valence-electron chi connectivity index (χ1n) is 8.25. The molecule has 0 saturated heterocycles. The van der Waals surface area contributed by atoms with E-state index in [4.69, 9.17) is 32.7 Å². The molecule has 146 valence electrons. The summed E-state index contributed by atoms with van der Waals surface area (Å²) in [7, 11) is 0. The highest BCUT2D eigenvalue weighted by Gasteiger charge is 2.61. The van der Waals surface area contributed by atoms with Crippen molar-refractivity contribution >= 4 is 41.0 Å². The van der Waals surface area contributed by atoms with Gasteiger partial charge < -0.3 is 19.5 Å². The second-order valence-corrected chi connectivity index (χ2v) is 6.48. The normalized spacial score (nSPS) is 17.3. The lowest BCUT2D eigenvalue weighted by molar-refractivity contribution is -0.189. The topological polar surface area (TPSA) is 93.1 Å². The van der Waals surface area contributed by atoms with Gasteiger partial charge in [-0.25, -0.2) is 9.59 Å². The van der Waals surface area contributed by atoms with Crippen molar-refractivity contribution in [2.24, 2.45) is 0 Å². The van der Waals surface area contributed by atoms with Gasteiger partial charge in [0, 0.05) is 6.54 Å². The maximum absolute atomic E-state index is 12.6. The molecule has 1 aliphatic rings. The van der Waals surface area contributed by atoms with E-state index in [0.717, 1.165) is 4.90 Å². The van der Waals surface area contributed by atoms with Crippen LogP contribution in [-0.4, -0.2) is 52.7 Å². The van der Waals surface area contributed by atoms with Gasteiger partial charge in [-0.15, -0.1) is 0 Å². The van der Waals surface area contributed by atoms with Gasteiger partial charge in [-0.05, 0) is 19.4 Å². The maximum Gasteiger partial charge on any atom is 0.352 e. The van der Waals surface area contributed by atoms with Gasteiger partial charge in [0.25, 0.3) is 11.5 Å². The molecule has 1 aromatic carbocycles. The average Bonchev–Trinajstić information content (AvgIpc) is 2.86. The van der Waals surface area contributed by atoms with Crippen LogP contribution >= 0.6 is 23.2 Å². The molecule has 1 aliphatic heterocycles. The number of aliphatic hydroxyl groups is 1. The predicted molar refractivity (Wildman–Crippen MR) is 97.7 cm³/mol. The van der Waals surface area contributed by atoms with Crippen molar-refractivity contribution in [3.8, 4) is 0 Å². The Morgan fingerprint density at radius 2 is 1.63 bits per heavy atom. The van der Waals surface area contributed by atoms with Crippen LogP contribution in [0.4, 0.5) is 0 Å². The minimum Gasteiger partial charge on any atom is -0.463 e. The fourth-order valence-corrected chi connectivity index (χ4v) is 3.31. The first-order chi connectivity index (χ1) is 12.8. The summed E-state index contributed by atoms with van der Waals surface area (Å²) in [6.45, 7) is 2.77. The molecule has 0 bridgehead atoms. The average molecular weight is 416 g/mol. The molecule has 0 saturated carbocycles. The molecule has 0 fully saturated rings. The number of nitrogens with zero attached hydrogens (tertiary/aromatic N) is 1. The smallest absolute Gasteiger partial charge is 0.352 e. The molecular weight excluding hydrogens is 397 g/mol. The van der Waals surface area contributed by atoms with E-state index < -0.39 is 29.5 Å². The highest BCUT2D eigenvalue weighted by atomic mass is 35.5. The molecule has 7 nitrogen and oxygen atoms in total. The van der Waals surface area contributed by atoms with Crippen LogP contribution < -0.4 is 0 Å². The van der Waals surface area contributed by atoms with Crippen LogP contribution in [0, 0.1) is 0 Å². The number of esters is 2. The SMILES string of the molecule is CCOC(=O)C(O)(C(=O)OCC)C1C(Cl)=C(Cl)C(=O)N1Cc1ccccc1. The van der Waals surface area contributed by atoms with Gasteiger partial charge in [-0.3, -0.25) is 4.79 Å². The lowest BCUT2D eigenvalue weighted by Gasteiger charge is -2.35. The largest absolute Gasteiger partial charge is 0.463 e. The van der Waals surface area contributed by atoms with Crippen molar-refractivity contribution in [1.82, 2.24) is 4.90 Å². The summed E-state index contributed by atoms with van der Waals surface area (Å²) in [6.07, 6.45) is 0. The molecule has 1 amide bonds. The number of hydrogen-bond donors (Lipinski definition) is 1. The fraction of sp³-hybridized carbons (Fsp3) is 0.389. The first kappa shape index (κ1) is 21.2. The van der Waals surface area contributed by atoms with E-state index in [2.05, 4.69) is 0 Å². The third-order valence-corrected chi connectivity index (χ3v) is 4.83. The number of benzene rings is 1. The fourth-order valence-electron chi connectivity index (χ4n) is 2.74. The van der Waals surface area contributed by atoms with Crippen LogP contribution in [-0.2, 0) is 30.4 Å². The Morgan fingerprint density at radius 3 is 2.11 bits per heavy atom. The number of carbonyl (C=O) groups is 3. The maximum atomic E-state index is 12.6. The van der Waals surface area contributed by atoms with Crippen LogP contribution in [0.2, 0.25) is 0 Å². The monoisotopic (exact) mass is 415 g/mol. The van der Waals surface area contributed by atoms with Crippen molar-refractivity contribution in [2.45, 2.75) is 32.0 Å². The van der Waals surface area contributed by atoms with Crippen molar-refractivity contribution in [1.29, 1.82) is 0 Å². The Kier molecular flexibility index (Phi) is 6.86. The second kappa shape index (κ2) is 8.73. The number of rotatable bonds is 7. The first-order valence-corrected chi connectivity index (χ1v) is 9.01. The van der Waals surface area contributed by atoms with Crippen LogP contribution in [0.3, 0.4) is 0 Å². The van der Waals surface area contributed by atoms with Crippen LogP contribution in [0.25, 0.3) is 0 Å². The molecule has 1 aromatic rings. The molecule has 1 unspecified atom stereocenters. The summed E-state index contributed by atoms with van der Waals surface area (Å²) >= 11 is 12.1. The summed E-state index contributed by atoms with van der Waals surface area (Å²) in [6, 6.07) is 7.20. The summed E-state index contributed by atoms with van der Waals surface area (Å²) < 4.78 is 9.70. The summed E-state index contributed by atoms with van der Waals surface area (Å²) in [5, 5.41) is 10.3. The Balaban J connectivity index is 2.52. The molecule has 0 radical (unpaired) electrons. The highest BCUT2D eigenvalue weighted by molar-refractivity contribution is 6.50. The van der Waals surface area contributed by atoms with Gasteiger partial charge in [-0.1, -0.05) is 53.5 Å². The van der Waals surface area contributed by atoms with Crippen LogP contribution in [0.1, 0.15) is 19.4 Å². The minimum atomic E-state index is -2.86. The zero-order chi connectivity index (χ0) is 20.2. The summed E-state index contributed by atoms with van der Waals surface area (Å²) in [5.41, 5.74) is -2.17. The third kappa shape index (κ3) is 3.95. The van der Waals surface area contributed by atoms with E-state index in [1.807, 2.05) is 0 Å². The van der Waals surface area contributed by atoms with Gasteiger partial charge in [0.15, 0.2) is 0 Å². The van der Waals surface area contributed by atoms with E-state index in [1.165, 1.54) is 13.8 Å². The van der Waals surface area contributed by atoms with Crippen molar-refractivity contribution in [3.05, 3.63) is 46.0 Å². The minimum absolute atomic E-state index is 0.0438. The second-order valence-electron chi connectivity index (χ2n) is 5.69. The standard InChI is InChI=1S/C18H19Cl2NO6/c1-3-26-16(23)18(25,17(24)27-4-2)14-12(19)13(20)15(22)21(14)10-11-8-6-5-7-9-11/h5-9,14,25H,3-4,10H2,1-2H3. The Labute approximate surface area is 166 Å². The van der Waals surface area contributed by atoms with Gasteiger partial charge in [0.05, 0.1) is 18.2 Å². The number of carbonyl (C=O) groups excluding carboxylic acids is 3. The molecule has 0 aliphatic carbocycles. The van der Waals surface area contributed by atoms with Gasteiger partial charge >= 0.3 is 11.9 Å². The van der Waals surface area contributed by atoms with Crippen LogP contribution in [0.5, 0.6) is 0 Å². The predicted octanol–water partition coefficient (Wildman–Crippen LogP) is 1.94. The Morgan fingerprint density at radius 1 is 1.11 bits per heavy atom. The lowest BCUT2D eigenvalue weighted by atomic mass is 9.93. The molecule has 9 heteroatoms. The van der Waals surface area contributed by atoms with Gasteiger partial charge in [0.1, 0.15) is 11.1 Å². The highest BCUT2D eigenvalue weighted by Crippen LogP contribution is 2.39. The number of ether oxygens (including phenoxy) is 2. The Bertz CT molecular complexity index is 746. The van der Waals surface area contributed by atoms with E-state index in [-0.39, 0.29) is 29.8 Å². The molecule has 0 spiro atoms. The number of amides is 1. The zero-order valence-electron chi connectivity index (χ0n) is 14.8. The molecule has 1 atom stereocenters. The quantitative estimate of drug-likeness (QED) is 0.540. The molecule has 0 aromatic heterocycles. The van der Waals surface area contributed by atoms with E-state index in [1.54, 1.807) is 30.3 Å². The van der Waals surface area contributed by atoms with E-state index >= 15 is 0 Å². The van der Waals surface area contributed by atoms with E-state index in [0.29, 0.717) is 5.56 Å². The van der Waals surface area contributed by atoms with Crippen molar-refractivity contribution in [3.63, 3.8) is 0 Å². The molecule has 1 N–H and O–H groups in total. The molecule has 27 heavy (non-hydrogen) atoms. The van der Waals surface area contributed by atoms with E-state index in [9.17, 15) is 19.5 Å². The number of hydrogen-bond acceptors (Lipinski definition) is 6. The van der Waals surface area contributed by atoms with Crippen molar-refractivity contribution < 1.29 is 29.0 Å². The Hall–Kier alpha value is -2.09. The number of halogens is 2. The van der Waals surface area contributed by atoms with Gasteiger partial charge in [-0.2, -0.15) is 0 Å². The zero-order valence-corrected chi connectivity index (χ0v) is 16.3. The molecular formula is C18H19Cl2NO6. The third-order valence-electron chi connectivity index (χ3n) is 3.97.